The Morgan fingerprint density at radius 1 is 1.11 bits per heavy atom. The van der Waals surface area contributed by atoms with Gasteiger partial charge in [-0.2, -0.15) is 4.98 Å². The summed E-state index contributed by atoms with van der Waals surface area (Å²) in [7, 11) is -0.0854. The lowest BCUT2D eigenvalue weighted by atomic mass is 10.1. The van der Waals surface area contributed by atoms with Crippen LogP contribution < -0.4 is 9.47 Å². The highest BCUT2D eigenvalue weighted by Gasteiger charge is 2.48. The Morgan fingerprint density at radius 3 is 2.66 bits per heavy atom. The van der Waals surface area contributed by atoms with E-state index in [2.05, 4.69) is 24.3 Å². The van der Waals surface area contributed by atoms with Crippen molar-refractivity contribution in [1.29, 1.82) is 0 Å². The Bertz CT molecular complexity index is 1590. The third-order valence-electron chi connectivity index (χ3n) is 6.38. The van der Waals surface area contributed by atoms with Crippen molar-refractivity contribution in [3.8, 4) is 34.4 Å². The van der Waals surface area contributed by atoms with Gasteiger partial charge in [0.2, 0.25) is 5.88 Å². The number of aliphatic hydroxyl groups is 1. The van der Waals surface area contributed by atoms with E-state index in [1.54, 1.807) is 24.5 Å². The maximum absolute atomic E-state index is 11.4. The molecule has 0 saturated carbocycles. The van der Waals surface area contributed by atoms with Gasteiger partial charge in [-0.1, -0.05) is 23.7 Å². The topological polar surface area (TPSA) is 141 Å². The zero-order chi connectivity index (χ0) is 26.4. The fourth-order valence-corrected chi connectivity index (χ4v) is 5.33. The van der Waals surface area contributed by atoms with E-state index in [9.17, 15) is 9.32 Å². The molecule has 6 rings (SSSR count). The van der Waals surface area contributed by atoms with Crippen molar-refractivity contribution in [1.82, 2.24) is 19.9 Å². The van der Waals surface area contributed by atoms with Crippen LogP contribution in [0.5, 0.6) is 11.9 Å². The molecule has 0 aliphatic carbocycles. The number of methoxy groups -OCH3 is 1. The highest BCUT2D eigenvalue weighted by Crippen LogP contribution is 2.36. The predicted octanol–water partition coefficient (Wildman–Crippen LogP) is 3.18. The van der Waals surface area contributed by atoms with E-state index in [1.807, 2.05) is 24.3 Å². The molecule has 0 radical (unpaired) electrons. The lowest BCUT2D eigenvalue weighted by Gasteiger charge is -2.15. The number of hydrogen-bond donors (Lipinski definition) is 3. The number of hydrogen-bond acceptors (Lipinski definition) is 10. The minimum Gasteiger partial charge on any atom is -0.480 e. The fraction of sp³-hybridized carbons (Fsp3) is 0.320. The van der Waals surface area contributed by atoms with Gasteiger partial charge in [0.1, 0.15) is 23.8 Å². The Labute approximate surface area is 224 Å². The maximum atomic E-state index is 11.4. The van der Waals surface area contributed by atoms with Gasteiger partial charge in [-0.3, -0.25) is 9.19 Å². The van der Waals surface area contributed by atoms with Crippen LogP contribution in [-0.4, -0.2) is 80.2 Å². The predicted molar refractivity (Wildman–Crippen MR) is 142 cm³/mol. The quantitative estimate of drug-likeness (QED) is 0.305. The van der Waals surface area contributed by atoms with Gasteiger partial charge >= 0.3 is 0 Å². The van der Waals surface area contributed by atoms with Crippen LogP contribution in [-0.2, 0) is 20.1 Å². The smallest absolute Gasteiger partial charge is 0.296 e. The number of aromatic nitrogens is 4. The number of benzene rings is 1. The van der Waals surface area contributed by atoms with Gasteiger partial charge in [0, 0.05) is 22.4 Å². The average Bonchev–Trinajstić information content (AvgIpc) is 3.60. The van der Waals surface area contributed by atoms with Crippen LogP contribution in [0.15, 0.2) is 46.8 Å². The summed E-state index contributed by atoms with van der Waals surface area (Å²) in [6.07, 6.45) is -0.275. The summed E-state index contributed by atoms with van der Waals surface area (Å²) in [5.74, 6) is 0.351. The SMILES string of the molecule is COc1nc(-c2ccc(/N=[SH](\C)=O)cc2)ccc1-c1nc2[nH]c(O[C@@H]3CO[C@H]4[C@@H]3OC[C@H]4O)nc2cc1Cl. The lowest BCUT2D eigenvalue weighted by Crippen LogP contribution is -2.34. The largest absolute Gasteiger partial charge is 0.480 e. The first-order valence-electron chi connectivity index (χ1n) is 11.8. The van der Waals surface area contributed by atoms with Gasteiger partial charge in [-0.05, 0) is 30.3 Å². The van der Waals surface area contributed by atoms with E-state index in [-0.39, 0.29) is 25.3 Å². The molecule has 2 saturated heterocycles. The minimum atomic E-state index is -1.62. The highest BCUT2D eigenvalue weighted by molar-refractivity contribution is 7.74. The Hall–Kier alpha value is -3.29. The van der Waals surface area contributed by atoms with Crippen LogP contribution in [0.1, 0.15) is 0 Å². The molecule has 5 heterocycles. The molecule has 2 aliphatic heterocycles. The molecule has 2 N–H and O–H groups in total. The Balaban J connectivity index is 1.28. The van der Waals surface area contributed by atoms with Gasteiger partial charge < -0.3 is 24.1 Å². The zero-order valence-electron chi connectivity index (χ0n) is 20.4. The monoisotopic (exact) mass is 557 g/mol. The van der Waals surface area contributed by atoms with E-state index in [4.69, 9.17) is 30.5 Å². The molecule has 0 amide bonds. The molecule has 2 fully saturated rings. The van der Waals surface area contributed by atoms with Crippen molar-refractivity contribution in [3.63, 3.8) is 0 Å². The molecule has 0 bridgehead atoms. The summed E-state index contributed by atoms with van der Waals surface area (Å²) < 4.78 is 38.2. The average molecular weight is 558 g/mol. The van der Waals surface area contributed by atoms with Gasteiger partial charge in [-0.15, -0.1) is 0 Å². The molecular weight excluding hydrogens is 534 g/mol. The number of rotatable bonds is 6. The fourth-order valence-electron chi connectivity index (χ4n) is 4.63. The summed E-state index contributed by atoms with van der Waals surface area (Å²) in [6.45, 7) is 0.501. The number of pyridine rings is 2. The first-order chi connectivity index (χ1) is 18.4. The highest BCUT2D eigenvalue weighted by atomic mass is 35.5. The van der Waals surface area contributed by atoms with Crippen LogP contribution in [0.2, 0.25) is 5.02 Å². The number of H-pyrrole nitrogens is 1. The van der Waals surface area contributed by atoms with E-state index < -0.39 is 28.9 Å². The molecular formula is C25H24ClN5O6S. The normalized spacial score (nSPS) is 23.6. The third-order valence-corrected chi connectivity index (χ3v) is 7.18. The number of aromatic amines is 1. The molecule has 0 spiro atoms. The lowest BCUT2D eigenvalue weighted by molar-refractivity contribution is 0.00706. The zero-order valence-corrected chi connectivity index (χ0v) is 22.0. The van der Waals surface area contributed by atoms with Crippen molar-refractivity contribution in [2.45, 2.75) is 24.4 Å². The second-order valence-corrected chi connectivity index (χ2v) is 10.4. The van der Waals surface area contributed by atoms with E-state index in [0.29, 0.717) is 44.7 Å². The van der Waals surface area contributed by atoms with Gasteiger partial charge in [0.15, 0.2) is 11.8 Å². The second kappa shape index (κ2) is 10.1. The number of ether oxygens (including phenoxy) is 4. The molecule has 3 aromatic heterocycles. The van der Waals surface area contributed by atoms with Gasteiger partial charge in [-0.25, -0.2) is 14.3 Å². The number of thiol groups is 1. The summed E-state index contributed by atoms with van der Waals surface area (Å²) >= 11 is 6.61. The van der Waals surface area contributed by atoms with Crippen LogP contribution in [0, 0.1) is 0 Å². The summed E-state index contributed by atoms with van der Waals surface area (Å²) in [4.78, 5) is 16.9. The van der Waals surface area contributed by atoms with E-state index >= 15 is 0 Å². The van der Waals surface area contributed by atoms with Crippen molar-refractivity contribution in [2.75, 3.05) is 26.6 Å². The number of fused-ring (bicyclic) bond motifs is 2. The van der Waals surface area contributed by atoms with Crippen molar-refractivity contribution >= 4 is 39.0 Å². The number of imidazole rings is 1. The van der Waals surface area contributed by atoms with Crippen molar-refractivity contribution in [3.05, 3.63) is 47.5 Å². The molecule has 5 atom stereocenters. The number of nitrogens with zero attached hydrogens (tertiary/aromatic N) is 4. The molecule has 38 heavy (non-hydrogen) atoms. The van der Waals surface area contributed by atoms with Gasteiger partial charge in [0.25, 0.3) is 6.01 Å². The van der Waals surface area contributed by atoms with E-state index in [0.717, 1.165) is 5.56 Å². The van der Waals surface area contributed by atoms with E-state index in [1.165, 1.54) is 7.11 Å². The third kappa shape index (κ3) is 4.69. The van der Waals surface area contributed by atoms with Gasteiger partial charge in [0.05, 0.1) is 48.0 Å². The van der Waals surface area contributed by atoms with Crippen LogP contribution >= 0.6 is 11.6 Å². The molecule has 1 aromatic carbocycles. The first-order valence-corrected chi connectivity index (χ1v) is 13.9. The van der Waals surface area contributed by atoms with Crippen LogP contribution in [0.25, 0.3) is 33.7 Å². The summed E-state index contributed by atoms with van der Waals surface area (Å²) in [5, 5.41) is 10.3. The molecule has 4 aromatic rings. The first kappa shape index (κ1) is 25.0. The summed E-state index contributed by atoms with van der Waals surface area (Å²) in [6, 6.07) is 12.9. The Morgan fingerprint density at radius 2 is 1.89 bits per heavy atom. The number of nitrogens with one attached hydrogen (secondary N) is 1. The van der Waals surface area contributed by atoms with Crippen molar-refractivity contribution < 1.29 is 28.3 Å². The van der Waals surface area contributed by atoms with Crippen LogP contribution in [0.4, 0.5) is 5.69 Å². The molecule has 11 nitrogen and oxygen atoms in total. The number of aliphatic hydroxyl groups excluding tert-OH is 1. The second-order valence-electron chi connectivity index (χ2n) is 8.91. The summed E-state index contributed by atoms with van der Waals surface area (Å²) in [5.41, 5.74) is 4.25. The van der Waals surface area contributed by atoms with Crippen LogP contribution in [0.3, 0.4) is 0 Å². The molecule has 13 heteroatoms. The molecule has 2 aliphatic rings. The molecule has 198 valence electrons. The minimum absolute atomic E-state index is 0.215. The van der Waals surface area contributed by atoms with Crippen molar-refractivity contribution in [2.24, 2.45) is 4.36 Å². The molecule has 1 unspecified atom stereocenters. The number of halogens is 1. The Kier molecular flexibility index (Phi) is 6.66. The maximum Gasteiger partial charge on any atom is 0.296 e. The standard InChI is InChI=1S/C25H24ClN5O6S/c1-34-24-14(7-8-16(27-24)12-3-5-13(6-4-12)31-38(2)33)20-15(26)9-17-23(29-20)30-25(28-17)37-19-11-36-21-18(32)10-35-22(19)21/h3-9,18-19,21-22,32,38H,10-11H2,1-2H3,(H,28,29,30)/t18-,19-,21-,22-/m1/s1.